The highest BCUT2D eigenvalue weighted by molar-refractivity contribution is 7.80. The van der Waals surface area contributed by atoms with Crippen LogP contribution in [-0.2, 0) is 4.74 Å². The van der Waals surface area contributed by atoms with Gasteiger partial charge in [0.25, 0.3) is 0 Å². The third kappa shape index (κ3) is 1.72. The van der Waals surface area contributed by atoms with Crippen molar-refractivity contribution in [1.29, 1.82) is 0 Å². The summed E-state index contributed by atoms with van der Waals surface area (Å²) < 4.78 is 17.6. The van der Waals surface area contributed by atoms with Crippen LogP contribution in [0.25, 0.3) is 0 Å². The molecule has 1 saturated heterocycles. The van der Waals surface area contributed by atoms with E-state index in [2.05, 4.69) is 12.6 Å². The van der Waals surface area contributed by atoms with Gasteiger partial charge in [0, 0.05) is 0 Å². The minimum Gasteiger partial charge on any atom is -0.394 e. The van der Waals surface area contributed by atoms with Gasteiger partial charge < -0.3 is 20.1 Å². The topological polar surface area (TPSA) is 69.9 Å². The van der Waals surface area contributed by atoms with Crippen molar-refractivity contribution >= 4 is 12.6 Å². The molecule has 1 rings (SSSR count). The number of aliphatic hydroxyl groups excluding tert-OH is 3. The number of hydrogen-bond donors (Lipinski definition) is 4. The number of hydrogen-bond acceptors (Lipinski definition) is 5. The van der Waals surface area contributed by atoms with Crippen LogP contribution in [0.5, 0.6) is 0 Å². The summed E-state index contributed by atoms with van der Waals surface area (Å²) >= 11 is 3.69. The molecule has 5 unspecified atom stereocenters. The van der Waals surface area contributed by atoms with Gasteiger partial charge in [0.1, 0.15) is 23.7 Å². The summed E-state index contributed by atoms with van der Waals surface area (Å²) in [5.74, 6) is 0. The normalized spacial score (nSPS) is 49.2. The van der Waals surface area contributed by atoms with E-state index >= 15 is 0 Å². The first-order valence-electron chi connectivity index (χ1n) is 3.52. The van der Waals surface area contributed by atoms with Crippen molar-refractivity contribution in [3.63, 3.8) is 0 Å². The Labute approximate surface area is 74.4 Å². The highest BCUT2D eigenvalue weighted by atomic mass is 32.1. The molecule has 72 valence electrons. The Hall–Kier alpha value is 0.120. The summed E-state index contributed by atoms with van der Waals surface area (Å²) in [6.07, 6.45) is -5.63. The fourth-order valence-electron chi connectivity index (χ4n) is 1.06. The zero-order valence-corrected chi connectivity index (χ0v) is 7.06. The smallest absolute Gasteiger partial charge is 0.164 e. The molecule has 0 aromatic carbocycles. The maximum Gasteiger partial charge on any atom is 0.164 e. The molecule has 0 spiro atoms. The zero-order chi connectivity index (χ0) is 9.30. The summed E-state index contributed by atoms with van der Waals surface area (Å²) in [5.41, 5.74) is -1.10. The molecular formula is C6H11FO4S. The molecule has 1 fully saturated rings. The van der Waals surface area contributed by atoms with Crippen LogP contribution in [0.15, 0.2) is 0 Å². The molecule has 1 heterocycles. The van der Waals surface area contributed by atoms with E-state index in [0.717, 1.165) is 0 Å². The van der Waals surface area contributed by atoms with Gasteiger partial charge in [-0.25, -0.2) is 4.39 Å². The Morgan fingerprint density at radius 3 is 2.42 bits per heavy atom. The summed E-state index contributed by atoms with van der Waals surface area (Å²) in [4.78, 5) is 0. The highest BCUT2D eigenvalue weighted by Crippen LogP contribution is 2.25. The molecule has 4 nitrogen and oxygen atoms in total. The molecule has 0 aromatic heterocycles. The van der Waals surface area contributed by atoms with E-state index < -0.39 is 36.5 Å². The maximum absolute atomic E-state index is 12.8. The average Bonchev–Trinajstić information content (AvgIpc) is 2.08. The summed E-state index contributed by atoms with van der Waals surface area (Å²) in [7, 11) is 0. The molecule has 1 aliphatic rings. The zero-order valence-electron chi connectivity index (χ0n) is 6.17. The largest absolute Gasteiger partial charge is 0.394 e. The van der Waals surface area contributed by atoms with E-state index in [1.165, 1.54) is 0 Å². The van der Waals surface area contributed by atoms with Gasteiger partial charge in [0.2, 0.25) is 0 Å². The second-order valence-electron chi connectivity index (χ2n) is 2.67. The molecule has 3 N–H and O–H groups in total. The summed E-state index contributed by atoms with van der Waals surface area (Å²) in [5, 5.41) is 26.8. The second-order valence-corrected chi connectivity index (χ2v) is 3.18. The molecule has 0 bridgehead atoms. The lowest BCUT2D eigenvalue weighted by molar-refractivity contribution is -0.188. The van der Waals surface area contributed by atoms with E-state index in [0.29, 0.717) is 0 Å². The van der Waals surface area contributed by atoms with Crippen LogP contribution in [-0.4, -0.2) is 51.8 Å². The van der Waals surface area contributed by atoms with Gasteiger partial charge in [-0.15, -0.1) is 12.6 Å². The quantitative estimate of drug-likeness (QED) is 0.395. The van der Waals surface area contributed by atoms with Crippen LogP contribution < -0.4 is 0 Å². The van der Waals surface area contributed by atoms with E-state index in [-0.39, 0.29) is 0 Å². The Balaban J connectivity index is 2.63. The highest BCUT2D eigenvalue weighted by Gasteiger charge is 2.42. The van der Waals surface area contributed by atoms with Crippen LogP contribution in [0.3, 0.4) is 0 Å². The van der Waals surface area contributed by atoms with E-state index in [1.807, 2.05) is 0 Å². The van der Waals surface area contributed by atoms with Gasteiger partial charge in [-0.2, -0.15) is 0 Å². The minimum absolute atomic E-state index is 0.470. The van der Waals surface area contributed by atoms with Crippen LogP contribution in [0.4, 0.5) is 4.39 Å². The van der Waals surface area contributed by atoms with Crippen molar-refractivity contribution in [3.8, 4) is 0 Å². The van der Waals surface area contributed by atoms with E-state index in [1.54, 1.807) is 0 Å². The Morgan fingerprint density at radius 1 is 1.33 bits per heavy atom. The lowest BCUT2D eigenvalue weighted by Gasteiger charge is -2.36. The molecule has 1 aliphatic heterocycles. The van der Waals surface area contributed by atoms with Crippen molar-refractivity contribution in [3.05, 3.63) is 0 Å². The first-order chi connectivity index (χ1) is 5.57. The maximum atomic E-state index is 12.8. The third-order valence-corrected chi connectivity index (χ3v) is 2.23. The average molecular weight is 198 g/mol. The van der Waals surface area contributed by atoms with Crippen molar-refractivity contribution in [2.45, 2.75) is 29.9 Å². The van der Waals surface area contributed by atoms with Crippen molar-refractivity contribution < 1.29 is 24.4 Å². The van der Waals surface area contributed by atoms with Crippen molar-refractivity contribution in [1.82, 2.24) is 0 Å². The Bertz CT molecular complexity index is 154. The van der Waals surface area contributed by atoms with Gasteiger partial charge in [-0.1, -0.05) is 0 Å². The Kier molecular flexibility index (Phi) is 3.30. The predicted molar refractivity (Wildman–Crippen MR) is 41.6 cm³/mol. The number of aliphatic hydroxyl groups is 3. The molecule has 6 heteroatoms. The molecule has 0 aromatic rings. The fourth-order valence-corrected chi connectivity index (χ4v) is 1.40. The molecule has 0 aliphatic carbocycles. The fraction of sp³-hybridized carbons (Fsp3) is 1.00. The predicted octanol–water partition coefficient (Wildman–Crippen LogP) is -1.31. The molecule has 0 saturated carbocycles. The standard InChI is InChI=1S/C6H11FO4S/c7-3-5(10)4(9)2(1-8)11-6(3)12/h2-6,8-10,12H,1H2. The SMILES string of the molecule is OCC1OC(S)C(F)C(O)C1O. The lowest BCUT2D eigenvalue weighted by atomic mass is 10.0. The number of alkyl halides is 1. The van der Waals surface area contributed by atoms with Crippen LogP contribution in [0.2, 0.25) is 0 Å². The number of thiol groups is 1. The van der Waals surface area contributed by atoms with Crippen LogP contribution >= 0.6 is 12.6 Å². The first-order valence-corrected chi connectivity index (χ1v) is 4.04. The van der Waals surface area contributed by atoms with Crippen LogP contribution in [0.1, 0.15) is 0 Å². The number of rotatable bonds is 1. The molecular weight excluding hydrogens is 187 g/mol. The van der Waals surface area contributed by atoms with E-state index in [9.17, 15) is 4.39 Å². The lowest BCUT2D eigenvalue weighted by Crippen LogP contribution is -2.55. The van der Waals surface area contributed by atoms with Gasteiger partial charge in [-0.3, -0.25) is 0 Å². The van der Waals surface area contributed by atoms with Gasteiger partial charge in [-0.05, 0) is 0 Å². The molecule has 0 amide bonds. The molecule has 0 radical (unpaired) electrons. The monoisotopic (exact) mass is 198 g/mol. The van der Waals surface area contributed by atoms with Crippen molar-refractivity contribution in [2.24, 2.45) is 0 Å². The van der Waals surface area contributed by atoms with Gasteiger partial charge in [0.05, 0.1) is 6.61 Å². The summed E-state index contributed by atoms with van der Waals surface area (Å²) in [6, 6.07) is 0. The van der Waals surface area contributed by atoms with Crippen LogP contribution in [0, 0.1) is 0 Å². The second kappa shape index (κ2) is 3.89. The summed E-state index contributed by atoms with van der Waals surface area (Å²) in [6.45, 7) is -0.470. The number of ether oxygens (including phenoxy) is 1. The van der Waals surface area contributed by atoms with Gasteiger partial charge in [0.15, 0.2) is 6.17 Å². The number of halogens is 1. The Morgan fingerprint density at radius 2 is 1.92 bits per heavy atom. The molecule has 5 atom stereocenters. The molecule has 12 heavy (non-hydrogen) atoms. The minimum atomic E-state index is -1.73. The third-order valence-electron chi connectivity index (χ3n) is 1.82. The first kappa shape index (κ1) is 10.2. The van der Waals surface area contributed by atoms with Gasteiger partial charge >= 0.3 is 0 Å². The van der Waals surface area contributed by atoms with Crippen molar-refractivity contribution in [2.75, 3.05) is 6.61 Å². The van der Waals surface area contributed by atoms with E-state index in [4.69, 9.17) is 20.1 Å².